The van der Waals surface area contributed by atoms with Gasteiger partial charge in [-0.05, 0) is 62.4 Å². The van der Waals surface area contributed by atoms with Crippen LogP contribution in [0.5, 0.6) is 0 Å². The fourth-order valence-corrected chi connectivity index (χ4v) is 3.75. The molecule has 5 nitrogen and oxygen atoms in total. The Balaban J connectivity index is 4.96. The third-order valence-corrected chi connectivity index (χ3v) is 5.37. The van der Waals surface area contributed by atoms with Crippen LogP contribution in [-0.4, -0.2) is 33.9 Å². The van der Waals surface area contributed by atoms with Gasteiger partial charge in [0.25, 0.3) is 0 Å². The average molecular weight is 397 g/mol. The summed E-state index contributed by atoms with van der Waals surface area (Å²) in [5.41, 5.74) is 0.920. The number of carboxylic acids is 2. The minimum absolute atomic E-state index is 0.00335. The number of aliphatic hydroxyl groups excluding tert-OH is 1. The van der Waals surface area contributed by atoms with Crippen LogP contribution in [0.15, 0.2) is 23.3 Å². The number of allylic oxidation sites excluding steroid dienone is 3. The topological polar surface area (TPSA) is 94.8 Å². The van der Waals surface area contributed by atoms with Crippen molar-refractivity contribution in [2.75, 3.05) is 6.61 Å². The molecule has 0 aromatic rings. The van der Waals surface area contributed by atoms with Gasteiger partial charge in [-0.15, -0.1) is 0 Å². The van der Waals surface area contributed by atoms with E-state index < -0.39 is 17.9 Å². The van der Waals surface area contributed by atoms with Gasteiger partial charge in [-0.3, -0.25) is 4.79 Å². The summed E-state index contributed by atoms with van der Waals surface area (Å²) in [6.45, 7) is 12.3. The van der Waals surface area contributed by atoms with Crippen LogP contribution in [-0.2, 0) is 9.59 Å². The quantitative estimate of drug-likeness (QED) is 0.279. The minimum Gasteiger partial charge on any atom is -0.481 e. The van der Waals surface area contributed by atoms with Gasteiger partial charge in [0.1, 0.15) is 0 Å². The van der Waals surface area contributed by atoms with Crippen LogP contribution >= 0.6 is 0 Å². The lowest BCUT2D eigenvalue weighted by Gasteiger charge is -2.23. The maximum absolute atomic E-state index is 11.4. The molecule has 28 heavy (non-hydrogen) atoms. The third kappa shape index (κ3) is 11.3. The van der Waals surface area contributed by atoms with E-state index in [1.165, 1.54) is 19.8 Å². The van der Waals surface area contributed by atoms with E-state index in [0.29, 0.717) is 11.8 Å². The fraction of sp³-hybridized carbons (Fsp3) is 0.739. The fourth-order valence-electron chi connectivity index (χ4n) is 3.75. The molecule has 0 saturated carbocycles. The number of rotatable bonds is 14. The molecule has 0 rings (SSSR count). The van der Waals surface area contributed by atoms with Crippen LogP contribution in [0.4, 0.5) is 0 Å². The number of carboxylic acid groups (broad SMARTS) is 2. The zero-order chi connectivity index (χ0) is 21.9. The Hall–Kier alpha value is -1.62. The molecule has 5 heteroatoms. The van der Waals surface area contributed by atoms with Crippen LogP contribution in [0, 0.1) is 29.6 Å². The molecule has 0 aromatic carbocycles. The second kappa shape index (κ2) is 13.5. The molecule has 0 aromatic heterocycles. The van der Waals surface area contributed by atoms with Gasteiger partial charge in [0.2, 0.25) is 0 Å². The van der Waals surface area contributed by atoms with Crippen LogP contribution in [0.1, 0.15) is 73.6 Å². The largest absolute Gasteiger partial charge is 0.481 e. The first-order valence-electron chi connectivity index (χ1n) is 10.5. The summed E-state index contributed by atoms with van der Waals surface area (Å²) < 4.78 is 0. The summed E-state index contributed by atoms with van der Waals surface area (Å²) in [5, 5.41) is 28.1. The van der Waals surface area contributed by atoms with Crippen LogP contribution in [0.2, 0.25) is 0 Å². The molecule has 0 fully saturated rings. The Morgan fingerprint density at radius 2 is 1.57 bits per heavy atom. The third-order valence-electron chi connectivity index (χ3n) is 5.37. The van der Waals surface area contributed by atoms with Crippen molar-refractivity contribution in [2.24, 2.45) is 29.6 Å². The Morgan fingerprint density at radius 3 is 2.04 bits per heavy atom. The van der Waals surface area contributed by atoms with E-state index in [2.05, 4.69) is 27.7 Å². The number of aliphatic carboxylic acids is 2. The molecule has 5 atom stereocenters. The Labute approximate surface area is 170 Å². The van der Waals surface area contributed by atoms with Crippen molar-refractivity contribution in [1.82, 2.24) is 0 Å². The Morgan fingerprint density at radius 1 is 0.964 bits per heavy atom. The number of hydrogen-bond donors (Lipinski definition) is 3. The Bertz CT molecular complexity index is 549. The monoisotopic (exact) mass is 396 g/mol. The molecule has 0 aliphatic heterocycles. The van der Waals surface area contributed by atoms with E-state index in [1.807, 2.05) is 13.0 Å². The second-order valence-corrected chi connectivity index (χ2v) is 8.68. The number of carbonyl (C=O) groups is 2. The maximum Gasteiger partial charge on any atom is 0.331 e. The predicted molar refractivity (Wildman–Crippen MR) is 113 cm³/mol. The zero-order valence-electron chi connectivity index (χ0n) is 18.4. The molecule has 162 valence electrons. The van der Waals surface area contributed by atoms with Gasteiger partial charge in [0.15, 0.2) is 0 Å². The molecule has 0 amide bonds. The van der Waals surface area contributed by atoms with Crippen molar-refractivity contribution < 1.29 is 24.9 Å². The molecule has 3 N–H and O–H groups in total. The molecule has 0 unspecified atom stereocenters. The summed E-state index contributed by atoms with van der Waals surface area (Å²) in [6, 6.07) is 0. The van der Waals surface area contributed by atoms with Gasteiger partial charge in [-0.1, -0.05) is 52.7 Å². The minimum atomic E-state index is -1.08. The molecule has 0 saturated heterocycles. The lowest BCUT2D eigenvalue weighted by atomic mass is 9.84. The Kier molecular flexibility index (Phi) is 12.8. The van der Waals surface area contributed by atoms with Crippen LogP contribution < -0.4 is 0 Å². The summed E-state index contributed by atoms with van der Waals surface area (Å²) in [4.78, 5) is 22.4. The van der Waals surface area contributed by atoms with Crippen molar-refractivity contribution in [3.63, 3.8) is 0 Å². The highest BCUT2D eigenvalue weighted by Crippen LogP contribution is 2.26. The summed E-state index contributed by atoms with van der Waals surface area (Å²) in [5.74, 6) is -1.12. The van der Waals surface area contributed by atoms with Crippen molar-refractivity contribution in [1.29, 1.82) is 0 Å². The van der Waals surface area contributed by atoms with Gasteiger partial charge in [-0.2, -0.15) is 0 Å². The van der Waals surface area contributed by atoms with Crippen molar-refractivity contribution in [3.05, 3.63) is 23.3 Å². The highest BCUT2D eigenvalue weighted by atomic mass is 16.4. The maximum atomic E-state index is 11.4. The normalized spacial score (nSPS) is 18.2. The first-order valence-corrected chi connectivity index (χ1v) is 10.5. The highest BCUT2D eigenvalue weighted by Gasteiger charge is 2.19. The molecular weight excluding hydrogens is 356 g/mol. The average Bonchev–Trinajstić information content (AvgIpc) is 2.59. The summed E-state index contributed by atoms with van der Waals surface area (Å²) in [7, 11) is 0. The number of aliphatic hydroxyl groups is 1. The highest BCUT2D eigenvalue weighted by molar-refractivity contribution is 5.88. The zero-order valence-corrected chi connectivity index (χ0v) is 18.4. The van der Waals surface area contributed by atoms with E-state index in [9.17, 15) is 19.8 Å². The van der Waals surface area contributed by atoms with Crippen molar-refractivity contribution in [2.45, 2.75) is 73.6 Å². The summed E-state index contributed by atoms with van der Waals surface area (Å²) >= 11 is 0. The second-order valence-electron chi connectivity index (χ2n) is 8.68. The van der Waals surface area contributed by atoms with Crippen LogP contribution in [0.25, 0.3) is 0 Å². The molecule has 0 aliphatic carbocycles. The first-order chi connectivity index (χ1) is 13.0. The molecule has 0 spiro atoms. The van der Waals surface area contributed by atoms with Crippen molar-refractivity contribution >= 4 is 11.9 Å². The first kappa shape index (κ1) is 26.4. The smallest absolute Gasteiger partial charge is 0.331 e. The standard InChI is InChI=1S/C23H40O5/c1-7-15(2)8-16(3)10-20(14-24)11-17(4)9-18(5)12-21(23(27)28)13-19(6)22(25)26/h9,12,15-17,19-20,24H,7-8,10-11,13-14H2,1-6H3,(H,25,26)(H,27,28)/b18-9+,21-12-/t15-,16+,17+,19-,20+/m1/s1. The van der Waals surface area contributed by atoms with E-state index in [-0.39, 0.29) is 30.4 Å². The molecular formula is C23H40O5. The van der Waals surface area contributed by atoms with E-state index in [4.69, 9.17) is 5.11 Å². The van der Waals surface area contributed by atoms with Gasteiger partial charge in [0, 0.05) is 12.2 Å². The molecule has 0 aliphatic rings. The van der Waals surface area contributed by atoms with Gasteiger partial charge in [-0.25, -0.2) is 4.79 Å². The van der Waals surface area contributed by atoms with E-state index >= 15 is 0 Å². The lowest BCUT2D eigenvalue weighted by Crippen LogP contribution is -2.15. The molecule has 0 bridgehead atoms. The van der Waals surface area contributed by atoms with Gasteiger partial charge >= 0.3 is 11.9 Å². The molecule has 0 heterocycles. The predicted octanol–water partition coefficient (Wildman–Crippen LogP) is 5.15. The van der Waals surface area contributed by atoms with E-state index in [0.717, 1.165) is 18.4 Å². The van der Waals surface area contributed by atoms with Gasteiger partial charge < -0.3 is 15.3 Å². The summed E-state index contributed by atoms with van der Waals surface area (Å²) in [6.07, 6.45) is 7.75. The van der Waals surface area contributed by atoms with E-state index in [1.54, 1.807) is 6.08 Å². The molecule has 0 radical (unpaired) electrons. The van der Waals surface area contributed by atoms with Crippen LogP contribution in [0.3, 0.4) is 0 Å². The number of hydrogen-bond acceptors (Lipinski definition) is 3. The SMILES string of the molecule is CC[C@@H](C)C[C@H](C)C[C@H](CO)C[C@@H](C)/C=C(C)/C=C(/C[C@@H](C)C(=O)O)C(=O)O. The van der Waals surface area contributed by atoms with Gasteiger partial charge in [0.05, 0.1) is 5.92 Å². The van der Waals surface area contributed by atoms with Crippen molar-refractivity contribution in [3.8, 4) is 0 Å². The lowest BCUT2D eigenvalue weighted by molar-refractivity contribution is -0.141.